The zero-order chi connectivity index (χ0) is 9.97. The first-order chi connectivity index (χ1) is 6.79. The molecule has 72 valence electrons. The second-order valence-corrected chi connectivity index (χ2v) is 2.71. The minimum Gasteiger partial charge on any atom is -0.291 e. The standard InChI is InChI=1S/C7H9N7/c1-14-4-5(2-10-14)6-3-9-7(11-8)13-12-6/h2-4H,8H2,1H3,(H,9,11,13). The number of hydrogen-bond donors (Lipinski definition) is 2. The SMILES string of the molecule is Cn1cc(-c2cnc(NN)nn2)cn1. The largest absolute Gasteiger partial charge is 0.291 e. The van der Waals surface area contributed by atoms with Crippen LogP contribution < -0.4 is 11.3 Å². The van der Waals surface area contributed by atoms with Crippen LogP contribution in [0.3, 0.4) is 0 Å². The van der Waals surface area contributed by atoms with Crippen molar-refractivity contribution in [2.45, 2.75) is 0 Å². The zero-order valence-corrected chi connectivity index (χ0v) is 7.55. The highest BCUT2D eigenvalue weighted by Crippen LogP contribution is 2.13. The van der Waals surface area contributed by atoms with E-state index in [4.69, 9.17) is 5.84 Å². The lowest BCUT2D eigenvalue weighted by atomic mass is 10.3. The normalized spacial score (nSPS) is 10.1. The van der Waals surface area contributed by atoms with Gasteiger partial charge in [0.05, 0.1) is 12.4 Å². The van der Waals surface area contributed by atoms with E-state index >= 15 is 0 Å². The Morgan fingerprint density at radius 2 is 2.21 bits per heavy atom. The number of nitrogens with zero attached hydrogens (tertiary/aromatic N) is 5. The second-order valence-electron chi connectivity index (χ2n) is 2.71. The van der Waals surface area contributed by atoms with Crippen molar-refractivity contribution in [3.05, 3.63) is 18.6 Å². The number of nitrogens with two attached hydrogens (primary N) is 1. The van der Waals surface area contributed by atoms with Gasteiger partial charge in [-0.05, 0) is 0 Å². The van der Waals surface area contributed by atoms with E-state index in [1.165, 1.54) is 0 Å². The van der Waals surface area contributed by atoms with Gasteiger partial charge in [-0.3, -0.25) is 10.1 Å². The lowest BCUT2D eigenvalue weighted by Crippen LogP contribution is -2.11. The third-order valence-corrected chi connectivity index (χ3v) is 1.69. The Morgan fingerprint density at radius 1 is 1.36 bits per heavy atom. The number of nitrogens with one attached hydrogen (secondary N) is 1. The molecule has 0 amide bonds. The summed E-state index contributed by atoms with van der Waals surface area (Å²) in [5, 5.41) is 11.7. The van der Waals surface area contributed by atoms with Gasteiger partial charge in [-0.15, -0.1) is 10.2 Å². The fourth-order valence-electron chi connectivity index (χ4n) is 1.03. The minimum atomic E-state index is 0.289. The van der Waals surface area contributed by atoms with Gasteiger partial charge in [0.25, 0.3) is 5.95 Å². The Bertz CT molecular complexity index is 418. The monoisotopic (exact) mass is 191 g/mol. The van der Waals surface area contributed by atoms with Gasteiger partial charge in [-0.25, -0.2) is 10.8 Å². The van der Waals surface area contributed by atoms with Gasteiger partial charge in [0.1, 0.15) is 5.69 Å². The first-order valence-electron chi connectivity index (χ1n) is 3.95. The highest BCUT2D eigenvalue weighted by Gasteiger charge is 2.03. The van der Waals surface area contributed by atoms with Crippen molar-refractivity contribution < 1.29 is 0 Å². The van der Waals surface area contributed by atoms with Crippen LogP contribution in [0, 0.1) is 0 Å². The molecule has 2 aromatic rings. The lowest BCUT2D eigenvalue weighted by molar-refractivity contribution is 0.768. The van der Waals surface area contributed by atoms with E-state index in [2.05, 4.69) is 25.7 Å². The summed E-state index contributed by atoms with van der Waals surface area (Å²) >= 11 is 0. The molecule has 0 atom stereocenters. The van der Waals surface area contributed by atoms with Gasteiger partial charge in [0, 0.05) is 18.8 Å². The summed E-state index contributed by atoms with van der Waals surface area (Å²) < 4.78 is 1.69. The molecule has 0 aromatic carbocycles. The lowest BCUT2D eigenvalue weighted by Gasteiger charge is -1.96. The summed E-state index contributed by atoms with van der Waals surface area (Å²) in [6.07, 6.45) is 5.11. The van der Waals surface area contributed by atoms with Crippen LogP contribution >= 0.6 is 0 Å². The van der Waals surface area contributed by atoms with E-state index in [9.17, 15) is 0 Å². The Morgan fingerprint density at radius 3 is 2.71 bits per heavy atom. The molecular weight excluding hydrogens is 182 g/mol. The average molecular weight is 191 g/mol. The number of aromatic nitrogens is 5. The van der Waals surface area contributed by atoms with Gasteiger partial charge in [0.15, 0.2) is 0 Å². The van der Waals surface area contributed by atoms with Crippen LogP contribution in [0.1, 0.15) is 0 Å². The quantitative estimate of drug-likeness (QED) is 0.493. The fraction of sp³-hybridized carbons (Fsp3) is 0.143. The summed E-state index contributed by atoms with van der Waals surface area (Å²) in [4.78, 5) is 3.94. The smallest absolute Gasteiger partial charge is 0.256 e. The van der Waals surface area contributed by atoms with Crippen LogP contribution in [0.15, 0.2) is 18.6 Å². The van der Waals surface area contributed by atoms with E-state index in [1.807, 2.05) is 13.2 Å². The van der Waals surface area contributed by atoms with Crippen molar-refractivity contribution >= 4 is 5.95 Å². The summed E-state index contributed by atoms with van der Waals surface area (Å²) in [5.41, 5.74) is 3.84. The zero-order valence-electron chi connectivity index (χ0n) is 7.55. The maximum Gasteiger partial charge on any atom is 0.256 e. The highest BCUT2D eigenvalue weighted by molar-refractivity contribution is 5.55. The van der Waals surface area contributed by atoms with Crippen LogP contribution in [0.4, 0.5) is 5.95 Å². The van der Waals surface area contributed by atoms with E-state index in [0.717, 1.165) is 5.56 Å². The molecule has 2 heterocycles. The molecular formula is C7H9N7. The molecule has 0 radical (unpaired) electrons. The van der Waals surface area contributed by atoms with Crippen LogP contribution in [0.5, 0.6) is 0 Å². The molecule has 0 fully saturated rings. The molecule has 0 bridgehead atoms. The Kier molecular flexibility index (Phi) is 2.07. The predicted molar refractivity (Wildman–Crippen MR) is 49.8 cm³/mol. The summed E-state index contributed by atoms with van der Waals surface area (Å²) in [5.74, 6) is 5.40. The Balaban J connectivity index is 2.33. The van der Waals surface area contributed by atoms with Crippen molar-refractivity contribution in [2.24, 2.45) is 12.9 Å². The Labute approximate surface area is 79.9 Å². The minimum absolute atomic E-state index is 0.289. The van der Waals surface area contributed by atoms with Crippen LogP contribution in [-0.4, -0.2) is 25.0 Å². The van der Waals surface area contributed by atoms with E-state index in [-0.39, 0.29) is 5.95 Å². The predicted octanol–water partition coefficient (Wildman–Crippen LogP) is -0.442. The number of nitrogen functional groups attached to an aromatic ring is 1. The summed E-state index contributed by atoms with van der Waals surface area (Å²) in [6.45, 7) is 0. The molecule has 0 unspecified atom stereocenters. The molecule has 0 saturated carbocycles. The second kappa shape index (κ2) is 3.38. The molecule has 3 N–H and O–H groups in total. The fourth-order valence-corrected chi connectivity index (χ4v) is 1.03. The summed E-state index contributed by atoms with van der Waals surface area (Å²) in [7, 11) is 1.83. The van der Waals surface area contributed by atoms with Crippen molar-refractivity contribution in [3.8, 4) is 11.3 Å². The molecule has 0 aliphatic heterocycles. The third kappa shape index (κ3) is 1.52. The third-order valence-electron chi connectivity index (χ3n) is 1.69. The average Bonchev–Trinajstić information content (AvgIpc) is 2.65. The number of aryl methyl sites for hydroxylation is 1. The molecule has 0 aliphatic rings. The maximum absolute atomic E-state index is 5.11. The molecule has 0 spiro atoms. The van der Waals surface area contributed by atoms with E-state index in [0.29, 0.717) is 5.69 Å². The molecule has 14 heavy (non-hydrogen) atoms. The van der Waals surface area contributed by atoms with Gasteiger partial charge >= 0.3 is 0 Å². The van der Waals surface area contributed by atoms with Crippen LogP contribution in [0.25, 0.3) is 11.3 Å². The maximum atomic E-state index is 5.11. The molecule has 7 heteroatoms. The Hall–Kier alpha value is -2.02. The number of anilines is 1. The van der Waals surface area contributed by atoms with E-state index < -0.39 is 0 Å². The van der Waals surface area contributed by atoms with Gasteiger partial charge in [0.2, 0.25) is 0 Å². The number of hydrogen-bond acceptors (Lipinski definition) is 6. The van der Waals surface area contributed by atoms with E-state index in [1.54, 1.807) is 17.1 Å². The number of rotatable bonds is 2. The molecule has 2 rings (SSSR count). The summed E-state index contributed by atoms with van der Waals surface area (Å²) in [6, 6.07) is 0. The number of hydrazine groups is 1. The topological polar surface area (TPSA) is 94.5 Å². The van der Waals surface area contributed by atoms with Crippen molar-refractivity contribution in [1.82, 2.24) is 25.0 Å². The van der Waals surface area contributed by atoms with Crippen molar-refractivity contribution in [3.63, 3.8) is 0 Å². The highest BCUT2D eigenvalue weighted by atomic mass is 15.3. The van der Waals surface area contributed by atoms with Crippen molar-refractivity contribution in [1.29, 1.82) is 0 Å². The molecule has 0 saturated heterocycles. The molecule has 2 aromatic heterocycles. The first-order valence-corrected chi connectivity index (χ1v) is 3.95. The van der Waals surface area contributed by atoms with Gasteiger partial charge in [-0.1, -0.05) is 0 Å². The van der Waals surface area contributed by atoms with Gasteiger partial charge < -0.3 is 0 Å². The van der Waals surface area contributed by atoms with Gasteiger partial charge in [-0.2, -0.15) is 5.10 Å². The molecule has 0 aliphatic carbocycles. The molecule has 7 nitrogen and oxygen atoms in total. The van der Waals surface area contributed by atoms with Crippen molar-refractivity contribution in [2.75, 3.05) is 5.43 Å². The van der Waals surface area contributed by atoms with Crippen LogP contribution in [-0.2, 0) is 7.05 Å². The first kappa shape index (κ1) is 8.57. The van der Waals surface area contributed by atoms with Crippen LogP contribution in [0.2, 0.25) is 0 Å².